The number of nitrogens with one attached hydrogen (secondary N) is 1. The van der Waals surface area contributed by atoms with Crippen LogP contribution >= 0.6 is 0 Å². The van der Waals surface area contributed by atoms with Gasteiger partial charge in [0, 0.05) is 55.7 Å². The van der Waals surface area contributed by atoms with E-state index in [4.69, 9.17) is 0 Å². The summed E-state index contributed by atoms with van der Waals surface area (Å²) >= 11 is 0. The lowest BCUT2D eigenvalue weighted by atomic mass is 9.84. The molecule has 10 heteroatoms. The summed E-state index contributed by atoms with van der Waals surface area (Å²) in [5.41, 5.74) is 1.25. The van der Waals surface area contributed by atoms with Crippen LogP contribution in [0, 0.1) is 23.2 Å². The molecule has 1 amide bonds. The van der Waals surface area contributed by atoms with Crippen molar-refractivity contribution in [2.24, 2.45) is 11.8 Å². The zero-order valence-corrected chi connectivity index (χ0v) is 18.4. The number of halogens is 5. The minimum atomic E-state index is -4.45. The van der Waals surface area contributed by atoms with E-state index in [2.05, 4.69) is 10.3 Å². The molecule has 2 atom stereocenters. The number of nitrogens with zero attached hydrogens (tertiary/aromatic N) is 3. The second-order valence-electron chi connectivity index (χ2n) is 9.29. The van der Waals surface area contributed by atoms with Crippen LogP contribution in [0.15, 0.2) is 30.5 Å². The van der Waals surface area contributed by atoms with E-state index in [-0.39, 0.29) is 57.5 Å². The molecular weight excluding hydrogens is 455 g/mol. The Hall–Kier alpha value is -2.96. The third-order valence-electron chi connectivity index (χ3n) is 6.80. The molecule has 2 aromatic rings. The summed E-state index contributed by atoms with van der Waals surface area (Å²) in [5.74, 6) is -4.95. The number of rotatable bonds is 4. The van der Waals surface area contributed by atoms with Gasteiger partial charge in [-0.3, -0.25) is 9.78 Å². The number of pyridine rings is 1. The summed E-state index contributed by atoms with van der Waals surface area (Å²) in [6.45, 7) is -0.111. The predicted octanol–water partition coefficient (Wildman–Crippen LogP) is 5.20. The highest BCUT2D eigenvalue weighted by Crippen LogP contribution is 2.39. The average molecular weight is 480 g/mol. The van der Waals surface area contributed by atoms with Gasteiger partial charge in [-0.1, -0.05) is 0 Å². The van der Waals surface area contributed by atoms with Gasteiger partial charge < -0.3 is 10.2 Å². The van der Waals surface area contributed by atoms with E-state index in [0.717, 1.165) is 0 Å². The van der Waals surface area contributed by atoms with Crippen LogP contribution in [0.1, 0.15) is 44.1 Å². The monoisotopic (exact) mass is 480 g/mol. The second-order valence-corrected chi connectivity index (χ2v) is 9.29. The van der Waals surface area contributed by atoms with E-state index in [1.54, 1.807) is 23.1 Å². The normalized spacial score (nSPS) is 23.5. The van der Waals surface area contributed by atoms with E-state index in [1.807, 2.05) is 6.07 Å². The number of hydrogen-bond acceptors (Lipinski definition) is 4. The molecule has 34 heavy (non-hydrogen) atoms. The maximum atomic E-state index is 13.8. The molecule has 5 nitrogen and oxygen atoms in total. The summed E-state index contributed by atoms with van der Waals surface area (Å²) in [6.07, 6.45) is -3.22. The van der Waals surface area contributed by atoms with Gasteiger partial charge in [0.2, 0.25) is 11.8 Å². The Balaban J connectivity index is 1.52. The zero-order chi connectivity index (χ0) is 24.5. The fraction of sp³-hybridized carbons (Fsp3) is 0.542. The highest BCUT2D eigenvalue weighted by atomic mass is 19.4. The molecule has 2 aliphatic rings. The average Bonchev–Trinajstić information content (AvgIpc) is 2.79. The van der Waals surface area contributed by atoms with E-state index in [1.165, 1.54) is 12.3 Å². The zero-order valence-electron chi connectivity index (χ0n) is 18.4. The van der Waals surface area contributed by atoms with Crippen molar-refractivity contribution in [3.63, 3.8) is 0 Å². The second kappa shape index (κ2) is 9.35. The first kappa shape index (κ1) is 24.2. The molecule has 2 fully saturated rings. The third-order valence-corrected chi connectivity index (χ3v) is 6.80. The van der Waals surface area contributed by atoms with Gasteiger partial charge in [0.25, 0.3) is 0 Å². The Morgan fingerprint density at radius 1 is 1.21 bits per heavy atom. The van der Waals surface area contributed by atoms with E-state index < -0.39 is 30.0 Å². The van der Waals surface area contributed by atoms with Crippen LogP contribution in [-0.4, -0.2) is 42.1 Å². The number of carbonyl (C=O) groups is 1. The molecule has 2 heterocycles. The standard InChI is InChI=1S/C24H25F5N4O/c25-23(26)7-5-15(6-8-23)10-21(34)32-18-11-17(24(27,28)29)13-33(14-18)20-4-3-16(12-30)22-19(20)2-1-9-31-22/h1-4,9,15,17-18H,5-8,10-11,13-14H2,(H,32,34)/t17-,18+/m0/s1. The number of alkyl halides is 5. The largest absolute Gasteiger partial charge is 0.393 e. The predicted molar refractivity (Wildman–Crippen MR) is 116 cm³/mol. The number of carbonyl (C=O) groups excluding carboxylic acids is 1. The molecule has 1 aliphatic heterocycles. The summed E-state index contributed by atoms with van der Waals surface area (Å²) < 4.78 is 68.0. The van der Waals surface area contributed by atoms with Crippen LogP contribution in [0.2, 0.25) is 0 Å². The molecule has 1 aromatic carbocycles. The van der Waals surface area contributed by atoms with Crippen molar-refractivity contribution < 1.29 is 26.7 Å². The number of benzene rings is 1. The maximum Gasteiger partial charge on any atom is 0.393 e. The molecular formula is C24H25F5N4O. The quantitative estimate of drug-likeness (QED) is 0.611. The van der Waals surface area contributed by atoms with Crippen LogP contribution in [0.4, 0.5) is 27.6 Å². The molecule has 0 radical (unpaired) electrons. The van der Waals surface area contributed by atoms with Gasteiger partial charge in [-0.15, -0.1) is 0 Å². The Bertz CT molecular complexity index is 1090. The Labute approximate surface area is 193 Å². The van der Waals surface area contributed by atoms with Crippen LogP contribution in [0.5, 0.6) is 0 Å². The highest BCUT2D eigenvalue weighted by Gasteiger charge is 2.45. The molecule has 1 saturated heterocycles. The van der Waals surface area contributed by atoms with Gasteiger partial charge in [0.15, 0.2) is 0 Å². The fourth-order valence-corrected chi connectivity index (χ4v) is 5.01. The van der Waals surface area contributed by atoms with Gasteiger partial charge >= 0.3 is 6.18 Å². The first-order chi connectivity index (χ1) is 16.1. The molecule has 1 aromatic heterocycles. The maximum absolute atomic E-state index is 13.8. The molecule has 4 rings (SSSR count). The highest BCUT2D eigenvalue weighted by molar-refractivity contribution is 5.95. The van der Waals surface area contributed by atoms with Gasteiger partial charge in [0.1, 0.15) is 6.07 Å². The fourth-order valence-electron chi connectivity index (χ4n) is 5.01. The number of anilines is 1. The Kier molecular flexibility index (Phi) is 6.65. The van der Waals surface area contributed by atoms with Gasteiger partial charge in [-0.2, -0.15) is 18.4 Å². The molecule has 0 bridgehead atoms. The third kappa shape index (κ3) is 5.40. The molecule has 1 N–H and O–H groups in total. The number of piperidine rings is 1. The Morgan fingerprint density at radius 3 is 2.62 bits per heavy atom. The van der Waals surface area contributed by atoms with Crippen molar-refractivity contribution >= 4 is 22.5 Å². The van der Waals surface area contributed by atoms with Crippen molar-refractivity contribution in [2.45, 2.75) is 56.7 Å². The van der Waals surface area contributed by atoms with Crippen molar-refractivity contribution in [1.82, 2.24) is 10.3 Å². The van der Waals surface area contributed by atoms with Gasteiger partial charge in [-0.05, 0) is 49.4 Å². The molecule has 182 valence electrons. The number of hydrogen-bond donors (Lipinski definition) is 1. The van der Waals surface area contributed by atoms with E-state index >= 15 is 0 Å². The number of amides is 1. The van der Waals surface area contributed by atoms with Crippen molar-refractivity contribution in [3.05, 3.63) is 36.0 Å². The van der Waals surface area contributed by atoms with Crippen molar-refractivity contribution in [2.75, 3.05) is 18.0 Å². The molecule has 1 aliphatic carbocycles. The lowest BCUT2D eigenvalue weighted by Gasteiger charge is -2.40. The molecule has 1 saturated carbocycles. The summed E-state index contributed by atoms with van der Waals surface area (Å²) in [5, 5.41) is 12.6. The summed E-state index contributed by atoms with van der Waals surface area (Å²) in [4.78, 5) is 18.4. The van der Waals surface area contributed by atoms with Gasteiger partial charge in [-0.25, -0.2) is 8.78 Å². The Morgan fingerprint density at radius 2 is 1.94 bits per heavy atom. The van der Waals surface area contributed by atoms with Crippen molar-refractivity contribution in [1.29, 1.82) is 5.26 Å². The minimum absolute atomic E-state index is 0.0347. The smallest absolute Gasteiger partial charge is 0.368 e. The minimum Gasteiger partial charge on any atom is -0.368 e. The SMILES string of the molecule is N#Cc1ccc(N2C[C@H](NC(=O)CC3CCC(F)(F)CC3)C[C@H](C(F)(F)F)C2)c2cccnc12. The van der Waals surface area contributed by atoms with Crippen LogP contribution in [0.3, 0.4) is 0 Å². The first-order valence-corrected chi connectivity index (χ1v) is 11.3. The van der Waals surface area contributed by atoms with Crippen LogP contribution in [0.25, 0.3) is 10.9 Å². The number of aromatic nitrogens is 1. The van der Waals surface area contributed by atoms with Crippen LogP contribution in [-0.2, 0) is 4.79 Å². The molecule has 0 spiro atoms. The van der Waals surface area contributed by atoms with Crippen molar-refractivity contribution in [3.8, 4) is 6.07 Å². The lowest BCUT2D eigenvalue weighted by Crippen LogP contribution is -2.54. The van der Waals surface area contributed by atoms with Crippen LogP contribution < -0.4 is 10.2 Å². The van der Waals surface area contributed by atoms with Gasteiger partial charge in [0.05, 0.1) is 17.0 Å². The topological polar surface area (TPSA) is 69.0 Å². The van der Waals surface area contributed by atoms with E-state index in [9.17, 15) is 32.0 Å². The first-order valence-electron chi connectivity index (χ1n) is 11.3. The summed E-state index contributed by atoms with van der Waals surface area (Å²) in [7, 11) is 0. The van der Waals surface area contributed by atoms with E-state index in [0.29, 0.717) is 22.2 Å². The number of fused-ring (bicyclic) bond motifs is 1. The lowest BCUT2D eigenvalue weighted by molar-refractivity contribution is -0.178. The molecule has 0 unspecified atom stereocenters. The summed E-state index contributed by atoms with van der Waals surface area (Å²) in [6, 6.07) is 7.81. The number of nitriles is 1.